The van der Waals surface area contributed by atoms with Gasteiger partial charge in [-0.05, 0) is 60.2 Å². The van der Waals surface area contributed by atoms with Crippen molar-refractivity contribution < 1.29 is 14.3 Å². The molecular weight excluding hydrogens is 378 g/mol. The summed E-state index contributed by atoms with van der Waals surface area (Å²) in [4.78, 5) is 28.0. The molecule has 2 amide bonds. The van der Waals surface area contributed by atoms with Gasteiger partial charge in [0.25, 0.3) is 5.91 Å². The molecule has 4 rings (SSSR count). The minimum absolute atomic E-state index is 0.116. The van der Waals surface area contributed by atoms with Crippen molar-refractivity contribution in [1.29, 1.82) is 0 Å². The molecule has 3 aromatic carbocycles. The number of aromatic amines is 1. The van der Waals surface area contributed by atoms with E-state index >= 15 is 0 Å². The van der Waals surface area contributed by atoms with Crippen molar-refractivity contribution in [3.05, 3.63) is 90.1 Å². The third kappa shape index (κ3) is 4.33. The Morgan fingerprint density at radius 1 is 0.867 bits per heavy atom. The first-order valence-electron chi connectivity index (χ1n) is 9.53. The summed E-state index contributed by atoms with van der Waals surface area (Å²) < 4.78 is 5.11. The first-order valence-corrected chi connectivity index (χ1v) is 9.53. The van der Waals surface area contributed by atoms with Crippen molar-refractivity contribution in [2.45, 2.75) is 6.42 Å². The average molecular weight is 399 g/mol. The minimum Gasteiger partial charge on any atom is -0.497 e. The second-order valence-corrected chi connectivity index (χ2v) is 6.84. The Bertz CT molecular complexity index is 1180. The molecule has 0 radical (unpaired) electrons. The Morgan fingerprint density at radius 2 is 1.53 bits per heavy atom. The zero-order chi connectivity index (χ0) is 20.9. The van der Waals surface area contributed by atoms with Crippen LogP contribution in [0, 0.1) is 0 Å². The smallest absolute Gasteiger partial charge is 0.255 e. The summed E-state index contributed by atoms with van der Waals surface area (Å²) in [7, 11) is 1.59. The lowest BCUT2D eigenvalue weighted by Gasteiger charge is -2.08. The van der Waals surface area contributed by atoms with Crippen LogP contribution >= 0.6 is 0 Å². The van der Waals surface area contributed by atoms with Crippen LogP contribution in [0.4, 0.5) is 11.4 Å². The molecule has 0 aliphatic carbocycles. The number of rotatable bonds is 6. The van der Waals surface area contributed by atoms with Crippen LogP contribution in [-0.4, -0.2) is 23.9 Å². The largest absolute Gasteiger partial charge is 0.497 e. The molecule has 3 N–H and O–H groups in total. The van der Waals surface area contributed by atoms with Crippen LogP contribution in [0.2, 0.25) is 0 Å². The fourth-order valence-electron chi connectivity index (χ4n) is 3.24. The van der Waals surface area contributed by atoms with Crippen LogP contribution in [0.5, 0.6) is 5.75 Å². The highest BCUT2D eigenvalue weighted by Crippen LogP contribution is 2.19. The molecule has 0 aliphatic heterocycles. The summed E-state index contributed by atoms with van der Waals surface area (Å²) in [5, 5.41) is 6.75. The van der Waals surface area contributed by atoms with Crippen LogP contribution in [0.25, 0.3) is 10.9 Å². The highest BCUT2D eigenvalue weighted by Gasteiger charge is 2.10. The van der Waals surface area contributed by atoms with Crippen LogP contribution in [-0.2, 0) is 11.2 Å². The molecule has 30 heavy (non-hydrogen) atoms. The van der Waals surface area contributed by atoms with Crippen molar-refractivity contribution in [2.24, 2.45) is 0 Å². The number of carbonyl (C=O) groups excluding carboxylic acids is 2. The zero-order valence-corrected chi connectivity index (χ0v) is 16.4. The van der Waals surface area contributed by atoms with Gasteiger partial charge in [0.05, 0.1) is 13.5 Å². The lowest BCUT2D eigenvalue weighted by atomic mass is 10.1. The van der Waals surface area contributed by atoms with Crippen molar-refractivity contribution in [2.75, 3.05) is 17.7 Å². The number of aromatic nitrogens is 1. The molecule has 0 aliphatic rings. The number of amides is 2. The van der Waals surface area contributed by atoms with Crippen molar-refractivity contribution >= 4 is 34.1 Å². The fraction of sp³-hybridized carbons (Fsp3) is 0.0833. The first kappa shape index (κ1) is 19.3. The monoisotopic (exact) mass is 399 g/mol. The van der Waals surface area contributed by atoms with Crippen molar-refractivity contribution in [1.82, 2.24) is 4.98 Å². The van der Waals surface area contributed by atoms with E-state index in [1.165, 1.54) is 0 Å². The zero-order valence-electron chi connectivity index (χ0n) is 16.4. The van der Waals surface area contributed by atoms with Crippen LogP contribution < -0.4 is 15.4 Å². The van der Waals surface area contributed by atoms with E-state index in [-0.39, 0.29) is 18.2 Å². The van der Waals surface area contributed by atoms with Gasteiger partial charge >= 0.3 is 0 Å². The van der Waals surface area contributed by atoms with E-state index in [2.05, 4.69) is 15.6 Å². The van der Waals surface area contributed by atoms with Gasteiger partial charge in [-0.1, -0.05) is 18.2 Å². The van der Waals surface area contributed by atoms with Crippen molar-refractivity contribution in [3.63, 3.8) is 0 Å². The van der Waals surface area contributed by atoms with Gasteiger partial charge in [-0.15, -0.1) is 0 Å². The molecule has 4 aromatic rings. The van der Waals surface area contributed by atoms with Gasteiger partial charge in [0.2, 0.25) is 5.91 Å². The topological polar surface area (TPSA) is 83.2 Å². The van der Waals surface area contributed by atoms with Gasteiger partial charge in [0, 0.05) is 34.0 Å². The number of hydrogen-bond acceptors (Lipinski definition) is 3. The number of hydrogen-bond donors (Lipinski definition) is 3. The lowest BCUT2D eigenvalue weighted by molar-refractivity contribution is -0.115. The van der Waals surface area contributed by atoms with Gasteiger partial charge in [-0.25, -0.2) is 0 Å². The van der Waals surface area contributed by atoms with Crippen LogP contribution in [0.3, 0.4) is 0 Å². The molecule has 0 atom stereocenters. The fourth-order valence-corrected chi connectivity index (χ4v) is 3.24. The van der Waals surface area contributed by atoms with E-state index in [4.69, 9.17) is 4.74 Å². The Labute approximate surface area is 173 Å². The standard InChI is InChI=1S/C24H21N3O3/c1-30-20-12-10-19(11-13-20)27-24(29)16-6-8-18(9-7-16)26-23(28)14-17-15-25-22-5-3-2-4-21(17)22/h2-13,15,25H,14H2,1H3,(H,26,28)(H,27,29). The van der Waals surface area contributed by atoms with Gasteiger partial charge in [-0.3, -0.25) is 9.59 Å². The SMILES string of the molecule is COc1ccc(NC(=O)c2ccc(NC(=O)Cc3c[nH]c4ccccc34)cc2)cc1. The number of nitrogens with one attached hydrogen (secondary N) is 3. The maximum atomic E-state index is 12.4. The molecule has 1 aromatic heterocycles. The third-order valence-electron chi connectivity index (χ3n) is 4.80. The number of fused-ring (bicyclic) bond motifs is 1. The maximum absolute atomic E-state index is 12.4. The highest BCUT2D eigenvalue weighted by atomic mass is 16.5. The predicted octanol–water partition coefficient (Wildman–Crippen LogP) is 4.61. The second kappa shape index (κ2) is 8.53. The third-order valence-corrected chi connectivity index (χ3v) is 4.80. The summed E-state index contributed by atoms with van der Waals surface area (Å²) in [6.45, 7) is 0. The number of anilines is 2. The number of para-hydroxylation sites is 1. The predicted molar refractivity (Wildman–Crippen MR) is 118 cm³/mol. The van der Waals surface area contributed by atoms with Gasteiger partial charge in [0.1, 0.15) is 5.75 Å². The Hall–Kier alpha value is -4.06. The number of methoxy groups -OCH3 is 1. The normalized spacial score (nSPS) is 10.6. The Kier molecular flexibility index (Phi) is 5.48. The molecule has 0 fully saturated rings. The summed E-state index contributed by atoms with van der Waals surface area (Å²) in [5.41, 5.74) is 3.77. The molecule has 0 saturated carbocycles. The summed E-state index contributed by atoms with van der Waals surface area (Å²) in [6.07, 6.45) is 2.13. The number of carbonyl (C=O) groups is 2. The number of benzene rings is 3. The highest BCUT2D eigenvalue weighted by molar-refractivity contribution is 6.04. The minimum atomic E-state index is -0.225. The summed E-state index contributed by atoms with van der Waals surface area (Å²) >= 11 is 0. The molecular formula is C24H21N3O3. The van der Waals surface area contributed by atoms with Gasteiger partial charge < -0.3 is 20.4 Å². The molecule has 6 nitrogen and oxygen atoms in total. The van der Waals surface area contributed by atoms with Gasteiger partial charge in [0.15, 0.2) is 0 Å². The average Bonchev–Trinajstić information content (AvgIpc) is 3.17. The first-order chi connectivity index (χ1) is 14.6. The summed E-state index contributed by atoms with van der Waals surface area (Å²) in [5.74, 6) is 0.382. The quantitative estimate of drug-likeness (QED) is 0.443. The van der Waals surface area contributed by atoms with E-state index < -0.39 is 0 Å². The van der Waals surface area contributed by atoms with Crippen LogP contribution in [0.1, 0.15) is 15.9 Å². The number of ether oxygens (including phenoxy) is 1. The molecule has 6 heteroatoms. The number of H-pyrrole nitrogens is 1. The molecule has 150 valence electrons. The van der Waals surface area contributed by atoms with Crippen LogP contribution in [0.15, 0.2) is 79.0 Å². The Balaban J connectivity index is 1.36. The van der Waals surface area contributed by atoms with E-state index in [9.17, 15) is 9.59 Å². The lowest BCUT2D eigenvalue weighted by Crippen LogP contribution is -2.15. The van der Waals surface area contributed by atoms with E-state index in [0.717, 1.165) is 22.2 Å². The van der Waals surface area contributed by atoms with E-state index in [0.29, 0.717) is 16.9 Å². The Morgan fingerprint density at radius 3 is 2.27 bits per heavy atom. The van der Waals surface area contributed by atoms with E-state index in [1.807, 2.05) is 30.5 Å². The summed E-state index contributed by atoms with van der Waals surface area (Å²) in [6, 6.07) is 21.8. The molecule has 0 unspecified atom stereocenters. The van der Waals surface area contributed by atoms with Crippen molar-refractivity contribution in [3.8, 4) is 5.75 Å². The molecule has 0 bridgehead atoms. The molecule has 0 spiro atoms. The van der Waals surface area contributed by atoms with E-state index in [1.54, 1.807) is 55.6 Å². The molecule has 0 saturated heterocycles. The molecule has 1 heterocycles. The maximum Gasteiger partial charge on any atom is 0.255 e. The van der Waals surface area contributed by atoms with Gasteiger partial charge in [-0.2, -0.15) is 0 Å². The second-order valence-electron chi connectivity index (χ2n) is 6.84.